The number of carbonyl (C=O) groups is 1. The van der Waals surface area contributed by atoms with Gasteiger partial charge in [-0.25, -0.2) is 4.98 Å². The van der Waals surface area contributed by atoms with Gasteiger partial charge in [0.2, 0.25) is 11.8 Å². The van der Waals surface area contributed by atoms with Crippen LogP contribution >= 0.6 is 11.6 Å². The molecule has 0 unspecified atom stereocenters. The molecule has 0 spiro atoms. The highest BCUT2D eigenvalue weighted by Crippen LogP contribution is 2.46. The first kappa shape index (κ1) is 38.8. The zero-order chi connectivity index (χ0) is 39.3. The van der Waals surface area contributed by atoms with Gasteiger partial charge in [0.15, 0.2) is 0 Å². The van der Waals surface area contributed by atoms with Crippen molar-refractivity contribution in [1.29, 1.82) is 0 Å². The van der Waals surface area contributed by atoms with Gasteiger partial charge in [0.25, 0.3) is 0 Å². The van der Waals surface area contributed by atoms with E-state index in [0.717, 1.165) is 46.7 Å². The number of likely N-dealkylation sites (tertiary alicyclic amines) is 2. The smallest absolute Gasteiger partial charge is 0.419 e. The summed E-state index contributed by atoms with van der Waals surface area (Å²) in [7, 11) is 2.92. The van der Waals surface area contributed by atoms with Crippen LogP contribution in [-0.4, -0.2) is 80.9 Å². The number of benzene rings is 2. The molecule has 0 bridgehead atoms. The first-order chi connectivity index (χ1) is 26.1. The number of aliphatic carboxylic acids is 1. The van der Waals surface area contributed by atoms with Gasteiger partial charge in [0.1, 0.15) is 11.4 Å². The third-order valence-corrected chi connectivity index (χ3v) is 11.6. The second-order valence-electron chi connectivity index (χ2n) is 15.3. The van der Waals surface area contributed by atoms with E-state index in [9.17, 15) is 28.2 Å². The van der Waals surface area contributed by atoms with Gasteiger partial charge in [0, 0.05) is 48.4 Å². The number of aliphatic hydroxyl groups is 1. The maximum absolute atomic E-state index is 14.7. The minimum Gasteiger partial charge on any atom is -0.481 e. The van der Waals surface area contributed by atoms with Gasteiger partial charge >= 0.3 is 12.1 Å². The van der Waals surface area contributed by atoms with E-state index in [-0.39, 0.29) is 23.8 Å². The van der Waals surface area contributed by atoms with Crippen molar-refractivity contribution in [2.45, 2.75) is 82.4 Å². The molecule has 3 aliphatic rings. The number of carboxylic acids is 1. The molecule has 2 aromatic heterocycles. The van der Waals surface area contributed by atoms with Crippen LogP contribution in [0.1, 0.15) is 73.4 Å². The summed E-state index contributed by atoms with van der Waals surface area (Å²) in [4.78, 5) is 25.2. The number of alkyl halides is 3. The van der Waals surface area contributed by atoms with Crippen molar-refractivity contribution >= 4 is 23.4 Å². The standard InChI is InChI=1S/C41H45ClF3N5O5/c1-39(53)22-49(23-39)20-24-13-15-33(47-36(24)54-3)30-12-8-11-29(34(30)42)26-9-7-10-28-27(26)14-16-32(28)46-35-31(41(43,44)45)19-25(37(48-35)55-4)21-50-18-6-5-17-40(50,2)38(51)52/h7-13,15,19,32,53H,5-6,14,16-18,20-23H2,1-4H3,(H,46,48)(H,51,52)/t32-,40-/m0/s1. The molecule has 14 heteroatoms. The van der Waals surface area contributed by atoms with E-state index >= 15 is 0 Å². The number of anilines is 1. The van der Waals surface area contributed by atoms with Gasteiger partial charge in [-0.15, -0.1) is 0 Å². The number of nitrogens with zero attached hydrogens (tertiary/aromatic N) is 4. The average Bonchev–Trinajstić information content (AvgIpc) is 3.54. The summed E-state index contributed by atoms with van der Waals surface area (Å²) in [5, 5.41) is 23.7. The lowest BCUT2D eigenvalue weighted by molar-refractivity contribution is -0.153. The minimum atomic E-state index is -4.74. The normalized spacial score (nSPS) is 21.1. The summed E-state index contributed by atoms with van der Waals surface area (Å²) in [6, 6.07) is 15.9. The van der Waals surface area contributed by atoms with Crippen LogP contribution in [0.2, 0.25) is 5.02 Å². The predicted octanol–water partition coefficient (Wildman–Crippen LogP) is 8.00. The zero-order valence-electron chi connectivity index (χ0n) is 31.3. The monoisotopic (exact) mass is 779 g/mol. The number of rotatable bonds is 11. The Morgan fingerprint density at radius 2 is 1.65 bits per heavy atom. The van der Waals surface area contributed by atoms with Crippen LogP contribution in [0.15, 0.2) is 54.6 Å². The van der Waals surface area contributed by atoms with Crippen LogP contribution in [0.5, 0.6) is 11.8 Å². The quantitative estimate of drug-likeness (QED) is 0.138. The first-order valence-corrected chi connectivity index (χ1v) is 18.8. The van der Waals surface area contributed by atoms with Gasteiger partial charge in [-0.3, -0.25) is 14.6 Å². The second kappa shape index (κ2) is 14.9. The largest absolute Gasteiger partial charge is 0.481 e. The summed E-state index contributed by atoms with van der Waals surface area (Å²) < 4.78 is 55.3. The van der Waals surface area contributed by atoms with Crippen LogP contribution in [0.4, 0.5) is 19.0 Å². The molecule has 2 saturated heterocycles. The maximum atomic E-state index is 14.7. The number of piperidine rings is 1. The lowest BCUT2D eigenvalue weighted by Crippen LogP contribution is -2.59. The number of nitrogens with one attached hydrogen (secondary N) is 1. The number of aromatic nitrogens is 2. The summed E-state index contributed by atoms with van der Waals surface area (Å²) in [5.41, 5.74) is 3.03. The van der Waals surface area contributed by atoms with E-state index in [1.807, 2.05) is 55.5 Å². The molecule has 7 rings (SSSR count). The first-order valence-electron chi connectivity index (χ1n) is 18.4. The summed E-state index contributed by atoms with van der Waals surface area (Å²) in [6.07, 6.45) is -1.77. The molecule has 2 fully saturated rings. The highest BCUT2D eigenvalue weighted by Gasteiger charge is 2.43. The molecule has 0 saturated carbocycles. The van der Waals surface area contributed by atoms with Crippen LogP contribution in [-0.2, 0) is 30.5 Å². The van der Waals surface area contributed by atoms with E-state index in [2.05, 4.69) is 15.2 Å². The van der Waals surface area contributed by atoms with Gasteiger partial charge < -0.3 is 25.0 Å². The van der Waals surface area contributed by atoms with Crippen molar-refractivity contribution in [2.24, 2.45) is 0 Å². The predicted molar refractivity (Wildman–Crippen MR) is 203 cm³/mol. The number of halogens is 4. The molecule has 55 heavy (non-hydrogen) atoms. The van der Waals surface area contributed by atoms with E-state index < -0.39 is 34.9 Å². The molecular weight excluding hydrogens is 735 g/mol. The Labute approximate surface area is 323 Å². The maximum Gasteiger partial charge on any atom is 0.419 e. The van der Waals surface area contributed by atoms with Crippen LogP contribution in [0, 0.1) is 0 Å². The lowest BCUT2D eigenvalue weighted by Gasteiger charge is -2.44. The van der Waals surface area contributed by atoms with Crippen LogP contribution in [0.3, 0.4) is 0 Å². The van der Waals surface area contributed by atoms with Gasteiger partial charge in [0.05, 0.1) is 42.1 Å². The van der Waals surface area contributed by atoms with Crippen molar-refractivity contribution in [1.82, 2.24) is 19.8 Å². The minimum absolute atomic E-state index is 0.0105. The Morgan fingerprint density at radius 1 is 0.964 bits per heavy atom. The second-order valence-corrected chi connectivity index (χ2v) is 15.7. The van der Waals surface area contributed by atoms with Crippen molar-refractivity contribution in [3.63, 3.8) is 0 Å². The molecule has 10 nitrogen and oxygen atoms in total. The van der Waals surface area contributed by atoms with Crippen molar-refractivity contribution in [3.05, 3.63) is 87.4 Å². The van der Waals surface area contributed by atoms with Crippen LogP contribution in [0.25, 0.3) is 22.4 Å². The van der Waals surface area contributed by atoms with Gasteiger partial charge in [-0.1, -0.05) is 54.1 Å². The Bertz CT molecular complexity index is 2110. The highest BCUT2D eigenvalue weighted by molar-refractivity contribution is 6.36. The molecule has 4 aromatic rings. The van der Waals surface area contributed by atoms with E-state index in [1.165, 1.54) is 7.11 Å². The van der Waals surface area contributed by atoms with Crippen molar-refractivity contribution in [2.75, 3.05) is 39.2 Å². The number of ether oxygens (including phenoxy) is 2. The van der Waals surface area contributed by atoms with Crippen molar-refractivity contribution < 1.29 is 37.7 Å². The SMILES string of the molecule is COc1nc(-c2cccc(-c3cccc4c3CC[C@@H]4Nc3nc(OC)c(CN4CCCC[C@@]4(C)C(=O)O)cc3C(F)(F)F)c2Cl)ccc1CN1CC(C)(O)C1. The highest BCUT2D eigenvalue weighted by atomic mass is 35.5. The van der Waals surface area contributed by atoms with E-state index in [1.54, 1.807) is 18.9 Å². The molecule has 1 aliphatic carbocycles. The number of pyridine rings is 2. The molecule has 2 aliphatic heterocycles. The van der Waals surface area contributed by atoms with Gasteiger partial charge in [-0.05, 0) is 81.3 Å². The fourth-order valence-corrected chi connectivity index (χ4v) is 8.70. The number of methoxy groups -OCH3 is 2. The third kappa shape index (κ3) is 7.59. The topological polar surface area (TPSA) is 120 Å². The number of carboxylic acid groups (broad SMARTS) is 1. The number of hydrogen-bond donors (Lipinski definition) is 3. The fraction of sp³-hybridized carbons (Fsp3) is 0.439. The summed E-state index contributed by atoms with van der Waals surface area (Å²) >= 11 is 7.13. The number of hydrogen-bond acceptors (Lipinski definition) is 9. The van der Waals surface area contributed by atoms with Crippen molar-refractivity contribution in [3.8, 4) is 34.1 Å². The van der Waals surface area contributed by atoms with E-state index in [0.29, 0.717) is 67.6 Å². The fourth-order valence-electron chi connectivity index (χ4n) is 8.38. The molecule has 2 atom stereocenters. The Hall–Kier alpha value is -4.43. The molecule has 0 amide bonds. The zero-order valence-corrected chi connectivity index (χ0v) is 32.0. The molecule has 4 heterocycles. The molecular formula is C41H45ClF3N5O5. The third-order valence-electron chi connectivity index (χ3n) is 11.2. The summed E-state index contributed by atoms with van der Waals surface area (Å²) in [5.74, 6) is -0.876. The molecule has 0 radical (unpaired) electrons. The average molecular weight is 780 g/mol. The Morgan fingerprint density at radius 3 is 2.35 bits per heavy atom. The number of fused-ring (bicyclic) bond motifs is 1. The van der Waals surface area contributed by atoms with Gasteiger partial charge in [-0.2, -0.15) is 18.2 Å². The number of β-amino-alcohol motifs (C(OH)–C–C–N with tert-alkyl or cyclic N) is 1. The molecule has 292 valence electrons. The van der Waals surface area contributed by atoms with Crippen LogP contribution < -0.4 is 14.8 Å². The Balaban J connectivity index is 1.17. The lowest BCUT2D eigenvalue weighted by atomic mass is 9.88. The molecule has 2 aromatic carbocycles. The Kier molecular flexibility index (Phi) is 10.5. The van der Waals surface area contributed by atoms with E-state index in [4.69, 9.17) is 26.1 Å². The molecule has 3 N–H and O–H groups in total. The summed E-state index contributed by atoms with van der Waals surface area (Å²) in [6.45, 7) is 5.53.